The van der Waals surface area contributed by atoms with Crippen molar-refractivity contribution < 1.29 is 23.5 Å². The molecule has 1 heterocycles. The average Bonchev–Trinajstić information content (AvgIpc) is 3.45. The standard InChI is InChI=1S/C28H26N4O5/c1-36-25-11-5-4-10-24(25)32-27(34)19-12-14-20(15-13-19)31-26(33)18-29-23-9-3-2-8-22(23)28(35)30-17-21-7-6-16-37-21/h2-16,29H,17-18H2,1H3,(H,30,35)(H,31,33)(H,32,34). The largest absolute Gasteiger partial charge is 0.495 e. The average molecular weight is 499 g/mol. The molecule has 1 aromatic heterocycles. The summed E-state index contributed by atoms with van der Waals surface area (Å²) >= 11 is 0. The number of hydrogen-bond acceptors (Lipinski definition) is 6. The first-order chi connectivity index (χ1) is 18.0. The predicted molar refractivity (Wildman–Crippen MR) is 141 cm³/mol. The number of nitrogens with one attached hydrogen (secondary N) is 4. The van der Waals surface area contributed by atoms with E-state index in [0.29, 0.717) is 39.7 Å². The Labute approximate surface area is 213 Å². The van der Waals surface area contributed by atoms with Gasteiger partial charge in [-0.2, -0.15) is 0 Å². The highest BCUT2D eigenvalue weighted by molar-refractivity contribution is 6.05. The van der Waals surface area contributed by atoms with Gasteiger partial charge in [0, 0.05) is 16.9 Å². The van der Waals surface area contributed by atoms with Crippen LogP contribution in [0.5, 0.6) is 5.75 Å². The van der Waals surface area contributed by atoms with Crippen molar-refractivity contribution in [1.29, 1.82) is 0 Å². The van der Waals surface area contributed by atoms with Crippen molar-refractivity contribution in [3.63, 3.8) is 0 Å². The summed E-state index contributed by atoms with van der Waals surface area (Å²) in [6.45, 7) is 0.200. The van der Waals surface area contributed by atoms with Gasteiger partial charge in [0.2, 0.25) is 5.91 Å². The van der Waals surface area contributed by atoms with Gasteiger partial charge in [0.25, 0.3) is 11.8 Å². The number of anilines is 3. The number of benzene rings is 3. The Morgan fingerprint density at radius 2 is 1.51 bits per heavy atom. The van der Waals surface area contributed by atoms with E-state index in [1.54, 1.807) is 85.1 Å². The molecular formula is C28H26N4O5. The van der Waals surface area contributed by atoms with Crippen LogP contribution in [0.15, 0.2) is 95.6 Å². The highest BCUT2D eigenvalue weighted by Crippen LogP contribution is 2.24. The highest BCUT2D eigenvalue weighted by Gasteiger charge is 2.13. The summed E-state index contributed by atoms with van der Waals surface area (Å²) in [7, 11) is 1.54. The molecule has 9 nitrogen and oxygen atoms in total. The highest BCUT2D eigenvalue weighted by atomic mass is 16.5. The minimum Gasteiger partial charge on any atom is -0.495 e. The van der Waals surface area contributed by atoms with E-state index < -0.39 is 0 Å². The molecule has 3 aromatic carbocycles. The summed E-state index contributed by atoms with van der Waals surface area (Å²) in [6, 6.07) is 24.1. The number of rotatable bonds is 10. The zero-order chi connectivity index (χ0) is 26.0. The van der Waals surface area contributed by atoms with Gasteiger partial charge >= 0.3 is 0 Å². The van der Waals surface area contributed by atoms with E-state index in [-0.39, 0.29) is 30.8 Å². The maximum absolute atomic E-state index is 12.6. The van der Waals surface area contributed by atoms with Gasteiger partial charge in [0.1, 0.15) is 11.5 Å². The van der Waals surface area contributed by atoms with E-state index in [1.165, 1.54) is 7.11 Å². The maximum Gasteiger partial charge on any atom is 0.255 e. The molecule has 0 aliphatic rings. The third kappa shape index (κ3) is 6.76. The minimum atomic E-state index is -0.308. The van der Waals surface area contributed by atoms with E-state index in [2.05, 4.69) is 21.3 Å². The number of carbonyl (C=O) groups is 3. The zero-order valence-corrected chi connectivity index (χ0v) is 20.1. The van der Waals surface area contributed by atoms with Crippen LogP contribution in [0.3, 0.4) is 0 Å². The number of furan rings is 1. The van der Waals surface area contributed by atoms with Crippen molar-refractivity contribution in [2.45, 2.75) is 6.54 Å². The molecule has 4 aromatic rings. The van der Waals surface area contributed by atoms with Gasteiger partial charge < -0.3 is 30.4 Å². The third-order valence-electron chi connectivity index (χ3n) is 5.40. The first-order valence-corrected chi connectivity index (χ1v) is 11.5. The van der Waals surface area contributed by atoms with E-state index in [0.717, 1.165) is 0 Å². The van der Waals surface area contributed by atoms with Crippen LogP contribution >= 0.6 is 0 Å². The molecule has 0 unspecified atom stereocenters. The van der Waals surface area contributed by atoms with E-state index in [9.17, 15) is 14.4 Å². The number of ether oxygens (including phenoxy) is 1. The molecule has 0 spiro atoms. The Bertz CT molecular complexity index is 1370. The molecule has 9 heteroatoms. The van der Waals surface area contributed by atoms with Gasteiger partial charge in [-0.05, 0) is 60.7 Å². The van der Waals surface area contributed by atoms with Crippen molar-refractivity contribution in [2.75, 3.05) is 29.6 Å². The number of methoxy groups -OCH3 is 1. The van der Waals surface area contributed by atoms with E-state index in [4.69, 9.17) is 9.15 Å². The van der Waals surface area contributed by atoms with E-state index >= 15 is 0 Å². The molecule has 4 N–H and O–H groups in total. The van der Waals surface area contributed by atoms with Crippen molar-refractivity contribution >= 4 is 34.8 Å². The fourth-order valence-corrected chi connectivity index (χ4v) is 3.54. The molecular weight excluding hydrogens is 472 g/mol. The summed E-state index contributed by atoms with van der Waals surface area (Å²) in [6.07, 6.45) is 1.54. The summed E-state index contributed by atoms with van der Waals surface area (Å²) in [4.78, 5) is 37.7. The summed E-state index contributed by atoms with van der Waals surface area (Å²) < 4.78 is 10.5. The first-order valence-electron chi connectivity index (χ1n) is 11.5. The topological polar surface area (TPSA) is 122 Å². The second-order valence-electron chi connectivity index (χ2n) is 7.94. The van der Waals surface area contributed by atoms with Crippen LogP contribution in [0.4, 0.5) is 17.1 Å². The fraction of sp³-hybridized carbons (Fsp3) is 0.107. The summed E-state index contributed by atoms with van der Waals surface area (Å²) in [5, 5.41) is 11.4. The lowest BCUT2D eigenvalue weighted by Gasteiger charge is -2.12. The molecule has 0 atom stereocenters. The molecule has 188 valence electrons. The van der Waals surface area contributed by atoms with Gasteiger partial charge in [-0.1, -0.05) is 24.3 Å². The van der Waals surface area contributed by atoms with Crippen LogP contribution in [0.1, 0.15) is 26.5 Å². The third-order valence-corrected chi connectivity index (χ3v) is 5.40. The smallest absolute Gasteiger partial charge is 0.255 e. The number of amides is 3. The molecule has 0 radical (unpaired) electrons. The van der Waals surface area contributed by atoms with E-state index in [1.807, 2.05) is 6.07 Å². The second kappa shape index (κ2) is 12.1. The lowest BCUT2D eigenvalue weighted by Crippen LogP contribution is -2.26. The van der Waals surface area contributed by atoms with Crippen LogP contribution in [-0.2, 0) is 11.3 Å². The summed E-state index contributed by atoms with van der Waals surface area (Å²) in [5.41, 5.74) is 2.46. The first kappa shape index (κ1) is 25.1. The Hall–Kier alpha value is -5.05. The monoisotopic (exact) mass is 498 g/mol. The Morgan fingerprint density at radius 3 is 2.24 bits per heavy atom. The molecule has 0 aliphatic heterocycles. The van der Waals surface area contributed by atoms with Crippen molar-refractivity contribution in [3.05, 3.63) is 108 Å². The van der Waals surface area contributed by atoms with Crippen LogP contribution < -0.4 is 26.0 Å². The normalized spacial score (nSPS) is 10.3. The van der Waals surface area contributed by atoms with Gasteiger partial charge in [-0.3, -0.25) is 14.4 Å². The van der Waals surface area contributed by atoms with Crippen molar-refractivity contribution in [1.82, 2.24) is 5.32 Å². The van der Waals surface area contributed by atoms with Crippen LogP contribution in [0.25, 0.3) is 0 Å². The van der Waals surface area contributed by atoms with Gasteiger partial charge in [-0.25, -0.2) is 0 Å². The number of carbonyl (C=O) groups excluding carboxylic acids is 3. The molecule has 0 saturated carbocycles. The molecule has 4 rings (SSSR count). The minimum absolute atomic E-state index is 0.0570. The lowest BCUT2D eigenvalue weighted by atomic mass is 10.1. The SMILES string of the molecule is COc1ccccc1NC(=O)c1ccc(NC(=O)CNc2ccccc2C(=O)NCc2ccco2)cc1. The zero-order valence-electron chi connectivity index (χ0n) is 20.1. The maximum atomic E-state index is 12.6. The van der Waals surface area contributed by atoms with Gasteiger partial charge in [0.15, 0.2) is 0 Å². The molecule has 3 amide bonds. The summed E-state index contributed by atoms with van der Waals surface area (Å²) in [5.74, 6) is 0.301. The number of para-hydroxylation sites is 3. The fourth-order valence-electron chi connectivity index (χ4n) is 3.54. The second-order valence-corrected chi connectivity index (χ2v) is 7.94. The predicted octanol–water partition coefficient (Wildman–Crippen LogP) is 4.52. The van der Waals surface area contributed by atoms with Gasteiger partial charge in [0.05, 0.1) is 37.7 Å². The molecule has 0 saturated heterocycles. The molecule has 37 heavy (non-hydrogen) atoms. The van der Waals surface area contributed by atoms with Crippen LogP contribution in [0, 0.1) is 0 Å². The Balaban J connectivity index is 1.30. The van der Waals surface area contributed by atoms with Crippen LogP contribution in [0.2, 0.25) is 0 Å². The quantitative estimate of drug-likeness (QED) is 0.255. The Morgan fingerprint density at radius 1 is 0.784 bits per heavy atom. The number of hydrogen-bond donors (Lipinski definition) is 4. The van der Waals surface area contributed by atoms with Gasteiger partial charge in [-0.15, -0.1) is 0 Å². The molecule has 0 aliphatic carbocycles. The van der Waals surface area contributed by atoms with Crippen LogP contribution in [-0.4, -0.2) is 31.4 Å². The van der Waals surface area contributed by atoms with Crippen molar-refractivity contribution in [3.8, 4) is 5.75 Å². The van der Waals surface area contributed by atoms with Crippen molar-refractivity contribution in [2.24, 2.45) is 0 Å². The lowest BCUT2D eigenvalue weighted by molar-refractivity contribution is -0.114. The molecule has 0 bridgehead atoms. The molecule has 0 fully saturated rings. The Kier molecular flexibility index (Phi) is 8.18.